The fraction of sp³-hybridized carbons (Fsp3) is 0.304. The summed E-state index contributed by atoms with van der Waals surface area (Å²) in [5.41, 5.74) is 5.90. The van der Waals surface area contributed by atoms with Gasteiger partial charge in [-0.05, 0) is 38.0 Å². The number of unbranched alkanes of at least 4 members (excludes halogenated alkanes) is 1. The molecule has 12 heteroatoms. The number of aromatic nitrogens is 1. The van der Waals surface area contributed by atoms with Crippen LogP contribution in [-0.4, -0.2) is 40.3 Å². The normalized spacial score (nSPS) is 11.6. The zero-order chi connectivity index (χ0) is 26.2. The summed E-state index contributed by atoms with van der Waals surface area (Å²) < 4.78 is 45.0. The van der Waals surface area contributed by atoms with E-state index in [2.05, 4.69) is 10.4 Å². The van der Waals surface area contributed by atoms with Crippen LogP contribution < -0.4 is 11.2 Å². The molecule has 1 aromatic carbocycles. The van der Waals surface area contributed by atoms with Crippen LogP contribution in [0.2, 0.25) is 0 Å². The minimum atomic E-state index is -4.61. The quantitative estimate of drug-likeness (QED) is 0.213. The van der Waals surface area contributed by atoms with Gasteiger partial charge in [0.15, 0.2) is 0 Å². The summed E-state index contributed by atoms with van der Waals surface area (Å²) in [6.45, 7) is 2.64. The summed E-state index contributed by atoms with van der Waals surface area (Å²) >= 11 is 0. The highest BCUT2D eigenvalue weighted by molar-refractivity contribution is 5.98. The molecule has 0 aliphatic carbocycles. The number of hydrazine groups is 1. The number of hydrogen-bond acceptors (Lipinski definition) is 5. The van der Waals surface area contributed by atoms with E-state index in [-0.39, 0.29) is 48.5 Å². The number of benzene rings is 1. The molecule has 188 valence electrons. The molecule has 4 N–H and O–H groups in total. The van der Waals surface area contributed by atoms with Gasteiger partial charge in [0, 0.05) is 24.6 Å². The number of carbonyl (C=O) groups excluding carboxylic acids is 4. The maximum absolute atomic E-state index is 13.3. The van der Waals surface area contributed by atoms with Crippen LogP contribution in [0.5, 0.6) is 0 Å². The molecule has 0 aliphatic heterocycles. The van der Waals surface area contributed by atoms with Gasteiger partial charge in [-0.1, -0.05) is 24.3 Å². The highest BCUT2D eigenvalue weighted by Crippen LogP contribution is 2.36. The predicted molar refractivity (Wildman–Crippen MR) is 119 cm³/mol. The van der Waals surface area contributed by atoms with E-state index in [9.17, 15) is 32.3 Å². The topological polar surface area (TPSA) is 135 Å². The second kappa shape index (κ2) is 11.9. The van der Waals surface area contributed by atoms with Gasteiger partial charge in [0.25, 0.3) is 5.91 Å². The average molecular weight is 494 g/mol. The van der Waals surface area contributed by atoms with Crippen molar-refractivity contribution in [3.05, 3.63) is 59.4 Å². The van der Waals surface area contributed by atoms with Gasteiger partial charge in [-0.3, -0.25) is 19.8 Å². The maximum atomic E-state index is 13.3. The molecule has 3 amide bonds. The van der Waals surface area contributed by atoms with Crippen molar-refractivity contribution in [3.8, 4) is 11.3 Å². The first-order chi connectivity index (χ1) is 16.5. The van der Waals surface area contributed by atoms with Gasteiger partial charge in [0.05, 0.1) is 12.2 Å². The first kappa shape index (κ1) is 27.2. The van der Waals surface area contributed by atoms with E-state index < -0.39 is 35.4 Å². The molecule has 0 atom stereocenters. The Hall–Kier alpha value is -4.09. The summed E-state index contributed by atoms with van der Waals surface area (Å²) in [4.78, 5) is 51.0. The molecular weight excluding hydrogens is 469 g/mol. The molecule has 2 rings (SSSR count). The number of aromatic amines is 1. The van der Waals surface area contributed by atoms with Crippen LogP contribution in [0, 0.1) is 0 Å². The van der Waals surface area contributed by atoms with Crippen LogP contribution in [0.3, 0.4) is 0 Å². The monoisotopic (exact) mass is 494 g/mol. The first-order valence-electron chi connectivity index (χ1n) is 10.6. The van der Waals surface area contributed by atoms with Gasteiger partial charge in [-0.15, -0.1) is 0 Å². The van der Waals surface area contributed by atoms with E-state index in [0.717, 1.165) is 13.0 Å². The highest BCUT2D eigenvalue weighted by Gasteiger charge is 2.34. The maximum Gasteiger partial charge on any atom is 0.417 e. The van der Waals surface area contributed by atoms with Crippen molar-refractivity contribution in [2.24, 2.45) is 5.73 Å². The van der Waals surface area contributed by atoms with Gasteiger partial charge in [-0.25, -0.2) is 9.80 Å². The van der Waals surface area contributed by atoms with Gasteiger partial charge >= 0.3 is 12.1 Å². The Balaban J connectivity index is 2.30. The van der Waals surface area contributed by atoms with Crippen molar-refractivity contribution < 1.29 is 37.1 Å². The van der Waals surface area contributed by atoms with E-state index >= 15 is 0 Å². The number of amides is 3. The number of nitrogens with two attached hydrogens (primary N) is 1. The SMILES string of the molecule is CCOC(=O)/C(=C/CCCC(N)=O)N(NC(=O)c1ccc(-c2ccccc2C(F)(F)F)[nH]1)C(C)=O. The lowest BCUT2D eigenvalue weighted by atomic mass is 10.0. The molecule has 0 fully saturated rings. The number of nitrogens with zero attached hydrogens (tertiary/aromatic N) is 1. The van der Waals surface area contributed by atoms with Crippen LogP contribution in [0.4, 0.5) is 13.2 Å². The highest BCUT2D eigenvalue weighted by atomic mass is 19.4. The van der Waals surface area contributed by atoms with E-state index in [1.165, 1.54) is 36.4 Å². The van der Waals surface area contributed by atoms with Crippen molar-refractivity contribution in [1.82, 2.24) is 15.4 Å². The van der Waals surface area contributed by atoms with Gasteiger partial charge in [0.2, 0.25) is 11.8 Å². The number of primary amides is 1. The van der Waals surface area contributed by atoms with Crippen molar-refractivity contribution >= 4 is 23.7 Å². The second-order valence-corrected chi connectivity index (χ2v) is 7.29. The van der Waals surface area contributed by atoms with Crippen LogP contribution in [0.1, 0.15) is 49.2 Å². The third-order valence-corrected chi connectivity index (χ3v) is 4.67. The van der Waals surface area contributed by atoms with Crippen LogP contribution in [-0.2, 0) is 25.3 Å². The molecule has 0 spiro atoms. The zero-order valence-electron chi connectivity index (χ0n) is 19.1. The number of esters is 1. The van der Waals surface area contributed by atoms with Crippen molar-refractivity contribution in [3.63, 3.8) is 0 Å². The van der Waals surface area contributed by atoms with Crippen molar-refractivity contribution in [2.75, 3.05) is 6.61 Å². The Bertz CT molecular complexity index is 1120. The van der Waals surface area contributed by atoms with E-state index in [4.69, 9.17) is 10.5 Å². The Morgan fingerprint density at radius 3 is 2.43 bits per heavy atom. The lowest BCUT2D eigenvalue weighted by Gasteiger charge is -2.23. The smallest absolute Gasteiger partial charge is 0.417 e. The van der Waals surface area contributed by atoms with Gasteiger partial charge in [-0.2, -0.15) is 13.2 Å². The molecular formula is C23H25F3N4O5. The minimum Gasteiger partial charge on any atom is -0.461 e. The summed E-state index contributed by atoms with van der Waals surface area (Å²) in [5, 5.41) is 0.675. The Kier molecular flexibility index (Phi) is 9.20. The molecule has 0 radical (unpaired) electrons. The van der Waals surface area contributed by atoms with E-state index in [1.807, 2.05) is 0 Å². The van der Waals surface area contributed by atoms with E-state index in [0.29, 0.717) is 5.01 Å². The van der Waals surface area contributed by atoms with Crippen molar-refractivity contribution in [2.45, 2.75) is 39.3 Å². The molecule has 0 saturated carbocycles. The van der Waals surface area contributed by atoms with Gasteiger partial charge < -0.3 is 15.5 Å². The lowest BCUT2D eigenvalue weighted by Crippen LogP contribution is -2.46. The molecule has 0 saturated heterocycles. The molecule has 1 heterocycles. The van der Waals surface area contributed by atoms with Crippen LogP contribution in [0.15, 0.2) is 48.2 Å². The number of ether oxygens (including phenoxy) is 1. The number of halogens is 3. The van der Waals surface area contributed by atoms with Crippen LogP contribution >= 0.6 is 0 Å². The number of nitrogens with one attached hydrogen (secondary N) is 2. The number of alkyl halides is 3. The number of hydrogen-bond donors (Lipinski definition) is 3. The Labute approximate surface area is 199 Å². The number of carbonyl (C=O) groups is 4. The molecule has 9 nitrogen and oxygen atoms in total. The third kappa shape index (κ3) is 7.45. The number of H-pyrrole nitrogens is 1. The third-order valence-electron chi connectivity index (χ3n) is 4.67. The summed E-state index contributed by atoms with van der Waals surface area (Å²) in [6.07, 6.45) is -2.77. The summed E-state index contributed by atoms with van der Waals surface area (Å²) in [7, 11) is 0. The standard InChI is InChI=1S/C23H25F3N4O5/c1-3-35-22(34)19(10-6-7-11-20(27)32)30(14(2)31)29-21(33)18-13-12-17(28-18)15-8-4-5-9-16(15)23(24,25)26/h4-5,8-10,12-13,28H,3,6-7,11H2,1-2H3,(H2,27,32)(H,29,33)/b19-10-. The molecule has 2 aromatic rings. The van der Waals surface area contributed by atoms with Crippen LogP contribution in [0.25, 0.3) is 11.3 Å². The second-order valence-electron chi connectivity index (χ2n) is 7.29. The fourth-order valence-electron chi connectivity index (χ4n) is 3.11. The Morgan fingerprint density at radius 1 is 1.14 bits per heavy atom. The molecule has 0 bridgehead atoms. The lowest BCUT2D eigenvalue weighted by molar-refractivity contribution is -0.144. The Morgan fingerprint density at radius 2 is 1.83 bits per heavy atom. The fourth-order valence-corrected chi connectivity index (χ4v) is 3.11. The minimum absolute atomic E-state index is 0.00421. The van der Waals surface area contributed by atoms with Crippen molar-refractivity contribution in [1.29, 1.82) is 0 Å². The number of rotatable bonds is 9. The predicted octanol–water partition coefficient (Wildman–Crippen LogP) is 3.30. The molecule has 0 unspecified atom stereocenters. The zero-order valence-corrected chi connectivity index (χ0v) is 19.1. The average Bonchev–Trinajstić information content (AvgIpc) is 3.27. The largest absolute Gasteiger partial charge is 0.461 e. The van der Waals surface area contributed by atoms with Gasteiger partial charge in [0.1, 0.15) is 11.4 Å². The molecule has 1 aromatic heterocycles. The summed E-state index contributed by atoms with van der Waals surface area (Å²) in [5.74, 6) is -3.05. The summed E-state index contributed by atoms with van der Waals surface area (Å²) in [6, 6.07) is 7.39. The van der Waals surface area contributed by atoms with E-state index in [1.54, 1.807) is 6.92 Å². The molecule has 35 heavy (non-hydrogen) atoms. The first-order valence-corrected chi connectivity index (χ1v) is 10.6. The molecule has 0 aliphatic rings. The number of allylic oxidation sites excluding steroid dienone is 1.